The fourth-order valence-corrected chi connectivity index (χ4v) is 9.82. The van der Waals surface area contributed by atoms with Crippen LogP contribution in [-0.4, -0.2) is 0 Å². The van der Waals surface area contributed by atoms with Crippen LogP contribution < -0.4 is 22.1 Å². The van der Waals surface area contributed by atoms with Gasteiger partial charge < -0.3 is 22.1 Å². The summed E-state index contributed by atoms with van der Waals surface area (Å²) >= 11 is 0. The Morgan fingerprint density at radius 1 is 0.286 bits per heavy atom. The number of hydrogen-bond donors (Lipinski definition) is 4. The number of nitrogen functional groups attached to an aromatic ring is 2. The normalized spacial score (nSPS) is 11.1. The summed E-state index contributed by atoms with van der Waals surface area (Å²) < 4.78 is 0. The van der Waals surface area contributed by atoms with Crippen LogP contribution in [0.15, 0.2) is 243 Å². The first-order valence-corrected chi connectivity index (χ1v) is 23.8. The number of rotatable bonds is 6. The highest BCUT2D eigenvalue weighted by Crippen LogP contribution is 2.51. The van der Waals surface area contributed by atoms with Gasteiger partial charge in [0.25, 0.3) is 0 Å². The summed E-state index contributed by atoms with van der Waals surface area (Å²) in [4.78, 5) is 0. The first kappa shape index (κ1) is 43.5. The van der Waals surface area contributed by atoms with Gasteiger partial charge in [0, 0.05) is 11.4 Å². The van der Waals surface area contributed by atoms with Crippen LogP contribution in [0.3, 0.4) is 0 Å². The predicted molar refractivity (Wildman–Crippen MR) is 302 cm³/mol. The highest BCUT2D eigenvalue weighted by atomic mass is 14.9. The Morgan fingerprint density at radius 3 is 1.14 bits per heavy atom. The molecule has 12 aromatic carbocycles. The Balaban J connectivity index is 0.000000329. The van der Waals surface area contributed by atoms with Crippen molar-refractivity contribution in [3.05, 3.63) is 254 Å². The summed E-state index contributed by atoms with van der Waals surface area (Å²) in [5, 5.41) is 17.0. The molecule has 70 heavy (non-hydrogen) atoms. The van der Waals surface area contributed by atoms with Gasteiger partial charge in [0.1, 0.15) is 0 Å². The van der Waals surface area contributed by atoms with Crippen molar-refractivity contribution in [3.63, 3.8) is 0 Å². The summed E-state index contributed by atoms with van der Waals surface area (Å²) in [7, 11) is 0. The highest BCUT2D eigenvalue weighted by Gasteiger charge is 2.24. The van der Waals surface area contributed by atoms with Crippen molar-refractivity contribution in [2.24, 2.45) is 0 Å². The molecule has 0 aromatic heterocycles. The van der Waals surface area contributed by atoms with Gasteiger partial charge in [0.05, 0.1) is 22.7 Å². The largest absolute Gasteiger partial charge is 0.397 e. The van der Waals surface area contributed by atoms with Gasteiger partial charge in [0.2, 0.25) is 0 Å². The van der Waals surface area contributed by atoms with Crippen LogP contribution in [-0.2, 0) is 0 Å². The lowest BCUT2D eigenvalue weighted by molar-refractivity contribution is 1.48. The third-order valence-corrected chi connectivity index (χ3v) is 13.4. The van der Waals surface area contributed by atoms with Crippen molar-refractivity contribution < 1.29 is 0 Å². The topological polar surface area (TPSA) is 76.1 Å². The fourth-order valence-electron chi connectivity index (χ4n) is 9.82. The number of benzene rings is 12. The second kappa shape index (κ2) is 18.9. The third-order valence-electron chi connectivity index (χ3n) is 13.4. The zero-order chi connectivity index (χ0) is 47.6. The summed E-state index contributed by atoms with van der Waals surface area (Å²) in [6.45, 7) is 4.17. The Kier molecular flexibility index (Phi) is 11.7. The van der Waals surface area contributed by atoms with Gasteiger partial charge >= 0.3 is 0 Å². The molecule has 6 N–H and O–H groups in total. The number of anilines is 6. The quantitative estimate of drug-likeness (QED) is 0.0991. The monoisotopic (exact) mass is 900 g/mol. The van der Waals surface area contributed by atoms with Gasteiger partial charge in [-0.15, -0.1) is 0 Å². The van der Waals surface area contributed by atoms with Crippen LogP contribution in [0.25, 0.3) is 87.6 Å². The molecule has 0 saturated carbocycles. The summed E-state index contributed by atoms with van der Waals surface area (Å²) in [5.41, 5.74) is 30.3. The predicted octanol–water partition coefficient (Wildman–Crippen LogP) is 17.9. The van der Waals surface area contributed by atoms with E-state index < -0.39 is 0 Å². The van der Waals surface area contributed by atoms with Crippen LogP contribution in [0, 0.1) is 13.8 Å². The van der Waals surface area contributed by atoms with E-state index in [1.165, 1.54) is 87.6 Å². The first-order chi connectivity index (χ1) is 34.4. The first-order valence-electron chi connectivity index (χ1n) is 23.8. The van der Waals surface area contributed by atoms with E-state index in [1.807, 2.05) is 84.9 Å². The third kappa shape index (κ3) is 8.55. The Morgan fingerprint density at radius 2 is 0.671 bits per heavy atom. The Labute approximate surface area is 409 Å². The fraction of sp³-hybridized carbons (Fsp3) is 0.0303. The second-order valence-electron chi connectivity index (χ2n) is 18.0. The van der Waals surface area contributed by atoms with E-state index >= 15 is 0 Å². The molecule has 0 spiro atoms. The lowest BCUT2D eigenvalue weighted by Gasteiger charge is -2.18. The summed E-state index contributed by atoms with van der Waals surface area (Å²) in [6.07, 6.45) is 0. The van der Waals surface area contributed by atoms with Crippen molar-refractivity contribution >= 4 is 77.2 Å². The molecule has 0 saturated heterocycles. The van der Waals surface area contributed by atoms with E-state index in [1.54, 1.807) is 0 Å². The molecule has 0 aliphatic heterocycles. The number of fused-ring (bicyclic) bond motifs is 8. The van der Waals surface area contributed by atoms with Crippen LogP contribution >= 0.6 is 0 Å². The molecule has 0 bridgehead atoms. The van der Waals surface area contributed by atoms with Crippen LogP contribution in [0.5, 0.6) is 0 Å². The maximum absolute atomic E-state index is 6.27. The minimum absolute atomic E-state index is 0.721. The van der Waals surface area contributed by atoms with E-state index in [4.69, 9.17) is 11.5 Å². The summed E-state index contributed by atoms with van der Waals surface area (Å²) in [6, 6.07) is 85.6. The van der Waals surface area contributed by atoms with Gasteiger partial charge in [-0.1, -0.05) is 181 Å². The number of aryl methyl sites for hydroxylation is 2. The van der Waals surface area contributed by atoms with Gasteiger partial charge in [-0.25, -0.2) is 0 Å². The molecule has 0 fully saturated rings. The van der Waals surface area contributed by atoms with E-state index in [2.05, 4.69) is 182 Å². The minimum atomic E-state index is 0.721. The molecule has 4 nitrogen and oxygen atoms in total. The molecule has 0 amide bonds. The van der Waals surface area contributed by atoms with E-state index in [0.29, 0.717) is 0 Å². The SMILES string of the molecule is Cc1ccccc1.Cc1ccccc1.Nc1ccccc1Nc1ccc(-c2cc3c4cc5c(cc4c(-c4ccc(Nc6ccccc6N)cc4)cc3c3ccccc23)-c2cccc3cccc-5c23)cc1. The maximum Gasteiger partial charge on any atom is 0.0617 e. The zero-order valence-electron chi connectivity index (χ0n) is 39.2. The molecule has 0 atom stereocenters. The summed E-state index contributed by atoms with van der Waals surface area (Å²) in [5.74, 6) is 0. The molecule has 0 unspecified atom stereocenters. The molecular weight excluding hydrogens is 849 g/mol. The van der Waals surface area contributed by atoms with Crippen molar-refractivity contribution in [2.45, 2.75) is 13.8 Å². The number of hydrogen-bond acceptors (Lipinski definition) is 4. The molecule has 0 radical (unpaired) electrons. The average molecular weight is 901 g/mol. The smallest absolute Gasteiger partial charge is 0.0617 e. The van der Waals surface area contributed by atoms with Gasteiger partial charge in [-0.05, 0) is 174 Å². The maximum atomic E-state index is 6.27. The van der Waals surface area contributed by atoms with Gasteiger partial charge in [-0.3, -0.25) is 0 Å². The van der Waals surface area contributed by atoms with Crippen LogP contribution in [0.2, 0.25) is 0 Å². The minimum Gasteiger partial charge on any atom is -0.397 e. The second-order valence-corrected chi connectivity index (χ2v) is 18.0. The lowest BCUT2D eigenvalue weighted by atomic mass is 9.86. The Bertz CT molecular complexity index is 3800. The lowest BCUT2D eigenvalue weighted by Crippen LogP contribution is -1.96. The molecule has 4 heteroatoms. The van der Waals surface area contributed by atoms with Crippen molar-refractivity contribution in [1.29, 1.82) is 0 Å². The van der Waals surface area contributed by atoms with Crippen molar-refractivity contribution in [1.82, 2.24) is 0 Å². The van der Waals surface area contributed by atoms with Crippen LogP contribution in [0.1, 0.15) is 11.1 Å². The number of nitrogens with two attached hydrogens (primary N) is 2. The molecule has 12 aromatic rings. The molecule has 1 aliphatic rings. The van der Waals surface area contributed by atoms with E-state index in [-0.39, 0.29) is 0 Å². The standard InChI is InChI=1S/C52H36N4.2C7H8/c53-48-15-3-5-17-50(48)55-34-23-19-31(20-24-34)40-27-46-42(37-12-2-1-11-36(37)40)28-41(32-21-25-35(26-22-32)56-51-18-6-4-16-49(51)54)45-29-43-38-13-7-9-33-10-8-14-39(52(33)38)44(43)30-47(45)46;2*1-7-5-3-2-4-6-7/h1-30,55-56H,53-54H2;2*2-6H,1H3. The molecule has 1 aliphatic carbocycles. The molecular formula is C66H52N4. The van der Waals surface area contributed by atoms with Gasteiger partial charge in [-0.2, -0.15) is 0 Å². The molecule has 0 heterocycles. The Hall–Kier alpha value is -9.12. The molecule has 336 valence electrons. The molecule has 13 rings (SSSR count). The zero-order valence-corrected chi connectivity index (χ0v) is 39.2. The van der Waals surface area contributed by atoms with E-state index in [9.17, 15) is 0 Å². The number of para-hydroxylation sites is 4. The van der Waals surface area contributed by atoms with Crippen molar-refractivity contribution in [3.8, 4) is 44.5 Å². The average Bonchev–Trinajstić information content (AvgIpc) is 3.71. The van der Waals surface area contributed by atoms with E-state index in [0.717, 1.165) is 45.3 Å². The number of nitrogens with one attached hydrogen (secondary N) is 2. The van der Waals surface area contributed by atoms with Gasteiger partial charge in [0.15, 0.2) is 0 Å². The van der Waals surface area contributed by atoms with Crippen LogP contribution in [0.4, 0.5) is 34.1 Å². The van der Waals surface area contributed by atoms with Crippen molar-refractivity contribution in [2.75, 3.05) is 22.1 Å². The highest BCUT2D eigenvalue weighted by molar-refractivity contribution is 6.27.